The first-order valence-electron chi connectivity index (χ1n) is 6.76. The highest BCUT2D eigenvalue weighted by Gasteiger charge is 2.28. The summed E-state index contributed by atoms with van der Waals surface area (Å²) in [4.78, 5) is 26.7. The number of amides is 1. The third kappa shape index (κ3) is 3.73. The lowest BCUT2D eigenvalue weighted by Crippen LogP contribution is -2.37. The predicted octanol–water partition coefficient (Wildman–Crippen LogP) is 1.69. The van der Waals surface area contributed by atoms with Crippen LogP contribution in [0.25, 0.3) is 0 Å². The number of benzene rings is 1. The van der Waals surface area contributed by atoms with Gasteiger partial charge >= 0.3 is 5.97 Å². The Morgan fingerprint density at radius 3 is 2.55 bits per heavy atom. The molecule has 1 aromatic carbocycles. The number of anilines is 1. The van der Waals surface area contributed by atoms with Gasteiger partial charge in [0.05, 0.1) is 0 Å². The van der Waals surface area contributed by atoms with E-state index in [1.807, 2.05) is 31.1 Å². The van der Waals surface area contributed by atoms with Crippen LogP contribution in [-0.4, -0.2) is 49.1 Å². The second-order valence-corrected chi connectivity index (χ2v) is 5.47. The summed E-state index contributed by atoms with van der Waals surface area (Å²) in [7, 11) is 3.81. The molecule has 5 nitrogen and oxygen atoms in total. The average molecular weight is 276 g/mol. The summed E-state index contributed by atoms with van der Waals surface area (Å²) in [5, 5.41) is 8.95. The lowest BCUT2D eigenvalue weighted by atomic mass is 10.1. The summed E-state index contributed by atoms with van der Waals surface area (Å²) in [5.74, 6) is -0.707. The van der Waals surface area contributed by atoms with E-state index in [0.717, 1.165) is 18.5 Å². The molecule has 1 amide bonds. The van der Waals surface area contributed by atoms with Crippen LogP contribution in [0.15, 0.2) is 24.3 Å². The molecule has 2 rings (SSSR count). The molecule has 1 N–H and O–H groups in total. The topological polar surface area (TPSA) is 60.9 Å². The maximum absolute atomic E-state index is 12.5. The highest BCUT2D eigenvalue weighted by molar-refractivity contribution is 5.96. The van der Waals surface area contributed by atoms with E-state index in [0.29, 0.717) is 18.0 Å². The summed E-state index contributed by atoms with van der Waals surface area (Å²) in [6.45, 7) is 0.304. The normalized spacial score (nSPS) is 13.9. The molecule has 1 aliphatic carbocycles. The van der Waals surface area contributed by atoms with E-state index in [1.165, 1.54) is 4.90 Å². The lowest BCUT2D eigenvalue weighted by Gasteiger charge is -2.21. The number of rotatable bonds is 6. The SMILES string of the molecule is CN(C)c1cccc(C(=O)N(CC(=O)O)CC2CC2)c1. The van der Waals surface area contributed by atoms with Gasteiger partial charge in [-0.15, -0.1) is 0 Å². The van der Waals surface area contributed by atoms with E-state index in [2.05, 4.69) is 0 Å². The summed E-state index contributed by atoms with van der Waals surface area (Å²) < 4.78 is 0. The monoisotopic (exact) mass is 276 g/mol. The van der Waals surface area contributed by atoms with E-state index in [9.17, 15) is 9.59 Å². The largest absolute Gasteiger partial charge is 0.480 e. The van der Waals surface area contributed by atoms with Crippen LogP contribution in [0, 0.1) is 5.92 Å². The van der Waals surface area contributed by atoms with Crippen LogP contribution in [-0.2, 0) is 4.79 Å². The van der Waals surface area contributed by atoms with E-state index in [-0.39, 0.29) is 12.5 Å². The number of carbonyl (C=O) groups excluding carboxylic acids is 1. The van der Waals surface area contributed by atoms with E-state index in [4.69, 9.17) is 5.11 Å². The molecular weight excluding hydrogens is 256 g/mol. The third-order valence-electron chi connectivity index (χ3n) is 3.40. The predicted molar refractivity (Wildman–Crippen MR) is 77.0 cm³/mol. The molecule has 0 heterocycles. The van der Waals surface area contributed by atoms with Crippen molar-refractivity contribution in [3.63, 3.8) is 0 Å². The molecule has 0 bridgehead atoms. The molecule has 1 aromatic rings. The Morgan fingerprint density at radius 1 is 1.30 bits per heavy atom. The van der Waals surface area contributed by atoms with E-state index < -0.39 is 5.97 Å². The van der Waals surface area contributed by atoms with Crippen LogP contribution in [0.4, 0.5) is 5.69 Å². The molecule has 0 unspecified atom stereocenters. The van der Waals surface area contributed by atoms with E-state index >= 15 is 0 Å². The number of nitrogens with zero attached hydrogens (tertiary/aromatic N) is 2. The first kappa shape index (κ1) is 14.4. The summed E-state index contributed by atoms with van der Waals surface area (Å²) in [6, 6.07) is 7.26. The van der Waals surface area contributed by atoms with Crippen molar-refractivity contribution in [3.8, 4) is 0 Å². The molecule has 1 aliphatic rings. The van der Waals surface area contributed by atoms with Crippen LogP contribution in [0.2, 0.25) is 0 Å². The van der Waals surface area contributed by atoms with Gasteiger partial charge in [0.1, 0.15) is 6.54 Å². The molecule has 0 atom stereocenters. The fourth-order valence-electron chi connectivity index (χ4n) is 2.09. The molecule has 0 spiro atoms. The number of hydrogen-bond donors (Lipinski definition) is 1. The number of aliphatic carboxylic acids is 1. The molecule has 20 heavy (non-hydrogen) atoms. The average Bonchev–Trinajstić information content (AvgIpc) is 3.20. The van der Waals surface area contributed by atoms with Crippen molar-refractivity contribution in [2.24, 2.45) is 5.92 Å². The van der Waals surface area contributed by atoms with Crippen LogP contribution in [0.5, 0.6) is 0 Å². The van der Waals surface area contributed by atoms with Crippen LogP contribution < -0.4 is 4.90 Å². The van der Waals surface area contributed by atoms with Gasteiger partial charge in [0.15, 0.2) is 0 Å². The number of carboxylic acids is 1. The van der Waals surface area contributed by atoms with Gasteiger partial charge in [0, 0.05) is 31.9 Å². The van der Waals surface area contributed by atoms with Crippen molar-refractivity contribution >= 4 is 17.6 Å². The van der Waals surface area contributed by atoms with Gasteiger partial charge in [-0.1, -0.05) is 6.07 Å². The van der Waals surface area contributed by atoms with Gasteiger partial charge in [-0.25, -0.2) is 0 Å². The highest BCUT2D eigenvalue weighted by Crippen LogP contribution is 2.30. The zero-order valence-electron chi connectivity index (χ0n) is 11.9. The van der Waals surface area contributed by atoms with Crippen molar-refractivity contribution in [2.45, 2.75) is 12.8 Å². The Labute approximate surface area is 118 Å². The minimum atomic E-state index is -0.970. The minimum absolute atomic E-state index is 0.206. The first-order chi connectivity index (χ1) is 9.47. The zero-order chi connectivity index (χ0) is 14.7. The van der Waals surface area contributed by atoms with Gasteiger partial charge < -0.3 is 14.9 Å². The van der Waals surface area contributed by atoms with Crippen LogP contribution in [0.1, 0.15) is 23.2 Å². The number of carbonyl (C=O) groups is 2. The highest BCUT2D eigenvalue weighted by atomic mass is 16.4. The minimum Gasteiger partial charge on any atom is -0.480 e. The Bertz CT molecular complexity index is 510. The van der Waals surface area contributed by atoms with Gasteiger partial charge in [-0.3, -0.25) is 9.59 Å². The second-order valence-electron chi connectivity index (χ2n) is 5.47. The summed E-state index contributed by atoms with van der Waals surface area (Å²) in [6.07, 6.45) is 2.17. The fraction of sp³-hybridized carbons (Fsp3) is 0.467. The quantitative estimate of drug-likeness (QED) is 0.859. The number of hydrogen-bond acceptors (Lipinski definition) is 3. The Morgan fingerprint density at radius 2 is 2.00 bits per heavy atom. The zero-order valence-corrected chi connectivity index (χ0v) is 11.9. The van der Waals surface area contributed by atoms with Crippen molar-refractivity contribution < 1.29 is 14.7 Å². The van der Waals surface area contributed by atoms with E-state index in [1.54, 1.807) is 12.1 Å². The second kappa shape index (κ2) is 5.94. The van der Waals surface area contributed by atoms with Gasteiger partial charge in [-0.05, 0) is 37.0 Å². The maximum atomic E-state index is 12.5. The smallest absolute Gasteiger partial charge is 0.323 e. The molecule has 0 aliphatic heterocycles. The fourth-order valence-corrected chi connectivity index (χ4v) is 2.09. The van der Waals surface area contributed by atoms with Crippen LogP contribution in [0.3, 0.4) is 0 Å². The lowest BCUT2D eigenvalue weighted by molar-refractivity contribution is -0.137. The van der Waals surface area contributed by atoms with Crippen molar-refractivity contribution in [1.29, 1.82) is 0 Å². The summed E-state index contributed by atoms with van der Waals surface area (Å²) >= 11 is 0. The van der Waals surface area contributed by atoms with Crippen molar-refractivity contribution in [1.82, 2.24) is 4.90 Å². The van der Waals surface area contributed by atoms with Crippen molar-refractivity contribution in [2.75, 3.05) is 32.1 Å². The summed E-state index contributed by atoms with van der Waals surface area (Å²) in [5.41, 5.74) is 1.47. The molecule has 0 radical (unpaired) electrons. The standard InChI is InChI=1S/C15H20N2O3/c1-16(2)13-5-3-4-12(8-13)15(20)17(10-14(18)19)9-11-6-7-11/h3-5,8,11H,6-7,9-10H2,1-2H3,(H,18,19). The van der Waals surface area contributed by atoms with Crippen molar-refractivity contribution in [3.05, 3.63) is 29.8 Å². The Hall–Kier alpha value is -2.04. The molecule has 108 valence electrons. The third-order valence-corrected chi connectivity index (χ3v) is 3.40. The van der Waals surface area contributed by atoms with Gasteiger partial charge in [-0.2, -0.15) is 0 Å². The maximum Gasteiger partial charge on any atom is 0.323 e. The Balaban J connectivity index is 2.16. The molecule has 1 fully saturated rings. The Kier molecular flexibility index (Phi) is 4.27. The molecular formula is C15H20N2O3. The van der Waals surface area contributed by atoms with Gasteiger partial charge in [0.2, 0.25) is 0 Å². The molecule has 5 heteroatoms. The molecule has 0 aromatic heterocycles. The van der Waals surface area contributed by atoms with Gasteiger partial charge in [0.25, 0.3) is 5.91 Å². The molecule has 1 saturated carbocycles. The molecule has 0 saturated heterocycles. The van der Waals surface area contributed by atoms with Crippen LogP contribution >= 0.6 is 0 Å². The first-order valence-corrected chi connectivity index (χ1v) is 6.76. The number of carboxylic acid groups (broad SMARTS) is 1.